The molecule has 5 heteroatoms. The second-order valence-electron chi connectivity index (χ2n) is 5.68. The van der Waals surface area contributed by atoms with Crippen molar-refractivity contribution in [2.24, 2.45) is 11.0 Å². The molecule has 0 radical (unpaired) electrons. The van der Waals surface area contributed by atoms with Crippen LogP contribution in [0, 0.1) is 5.92 Å². The molecule has 1 aromatic carbocycles. The van der Waals surface area contributed by atoms with Crippen molar-refractivity contribution in [2.75, 3.05) is 5.32 Å². The fourth-order valence-electron chi connectivity index (χ4n) is 1.99. The van der Waals surface area contributed by atoms with Crippen molar-refractivity contribution in [3.8, 4) is 0 Å². The molecule has 1 saturated carbocycles. The predicted molar refractivity (Wildman–Crippen MR) is 87.7 cm³/mol. The van der Waals surface area contributed by atoms with Crippen molar-refractivity contribution in [3.05, 3.63) is 29.8 Å². The summed E-state index contributed by atoms with van der Waals surface area (Å²) in [7, 11) is 0. The van der Waals surface area contributed by atoms with Crippen LogP contribution >= 0.6 is 0 Å². The molecular weight excluding hydrogens is 278 g/mol. The van der Waals surface area contributed by atoms with Gasteiger partial charge in [0.1, 0.15) is 0 Å². The lowest BCUT2D eigenvalue weighted by Crippen LogP contribution is -2.18. The third-order valence-corrected chi connectivity index (χ3v) is 3.62. The van der Waals surface area contributed by atoms with Gasteiger partial charge in [0.2, 0.25) is 11.8 Å². The van der Waals surface area contributed by atoms with Crippen molar-refractivity contribution >= 4 is 23.2 Å². The highest BCUT2D eigenvalue weighted by molar-refractivity contribution is 6.00. The summed E-state index contributed by atoms with van der Waals surface area (Å²) in [4.78, 5) is 23.2. The number of hydrazone groups is 1. The van der Waals surface area contributed by atoms with Crippen LogP contribution in [0.4, 0.5) is 5.69 Å². The number of amides is 2. The van der Waals surface area contributed by atoms with E-state index < -0.39 is 0 Å². The first-order valence-electron chi connectivity index (χ1n) is 7.84. The number of benzene rings is 1. The quantitative estimate of drug-likeness (QED) is 0.600. The molecule has 0 bridgehead atoms. The van der Waals surface area contributed by atoms with E-state index in [-0.39, 0.29) is 17.7 Å². The minimum Gasteiger partial charge on any atom is -0.326 e. The lowest BCUT2D eigenvalue weighted by Gasteiger charge is -2.06. The van der Waals surface area contributed by atoms with Crippen LogP contribution in [0.1, 0.15) is 51.5 Å². The predicted octanol–water partition coefficient (Wildman–Crippen LogP) is 3.07. The molecule has 2 N–H and O–H groups in total. The molecule has 0 heterocycles. The molecule has 0 spiro atoms. The first kappa shape index (κ1) is 16.2. The Kier molecular flexibility index (Phi) is 5.69. The smallest absolute Gasteiger partial charge is 0.240 e. The Hall–Kier alpha value is -2.17. The fraction of sp³-hybridized carbons (Fsp3) is 0.471. The molecule has 0 atom stereocenters. The molecule has 2 amide bonds. The van der Waals surface area contributed by atoms with Crippen LogP contribution < -0.4 is 10.7 Å². The Morgan fingerprint density at radius 1 is 1.23 bits per heavy atom. The number of hydrogen-bond acceptors (Lipinski definition) is 3. The molecule has 1 aliphatic rings. The van der Waals surface area contributed by atoms with Gasteiger partial charge in [-0.3, -0.25) is 9.59 Å². The summed E-state index contributed by atoms with van der Waals surface area (Å²) in [5, 5.41) is 7.00. The van der Waals surface area contributed by atoms with Crippen LogP contribution in [0.5, 0.6) is 0 Å². The number of nitrogens with one attached hydrogen (secondary N) is 2. The van der Waals surface area contributed by atoms with E-state index in [0.717, 1.165) is 42.6 Å². The summed E-state index contributed by atoms with van der Waals surface area (Å²) < 4.78 is 0. The maximum absolute atomic E-state index is 11.7. The number of anilines is 1. The Morgan fingerprint density at radius 2 is 1.91 bits per heavy atom. The van der Waals surface area contributed by atoms with Crippen molar-refractivity contribution in [2.45, 2.75) is 46.0 Å². The molecule has 0 aliphatic heterocycles. The minimum atomic E-state index is -0.0606. The average molecular weight is 301 g/mol. The lowest BCUT2D eigenvalue weighted by molar-refractivity contribution is -0.121. The summed E-state index contributed by atoms with van der Waals surface area (Å²) in [6, 6.07) is 7.49. The Labute approximate surface area is 131 Å². The number of carbonyl (C=O) groups is 2. The zero-order valence-corrected chi connectivity index (χ0v) is 13.2. The second kappa shape index (κ2) is 7.73. The van der Waals surface area contributed by atoms with E-state index in [1.807, 2.05) is 38.1 Å². The molecule has 1 aliphatic carbocycles. The Morgan fingerprint density at radius 3 is 2.50 bits per heavy atom. The van der Waals surface area contributed by atoms with E-state index in [1.165, 1.54) is 0 Å². The molecule has 0 saturated heterocycles. The monoisotopic (exact) mass is 301 g/mol. The van der Waals surface area contributed by atoms with Crippen molar-refractivity contribution in [1.29, 1.82) is 0 Å². The van der Waals surface area contributed by atoms with Crippen LogP contribution in [0.15, 0.2) is 29.4 Å². The standard InChI is InChI=1S/C17H23N3O2/c1-3-4-5-16(21)20-19-12(2)13-8-10-15(11-9-13)18-17(22)14-6-7-14/h8-11,14H,3-7H2,1-2H3,(H,18,22)(H,20,21). The van der Waals surface area contributed by atoms with Crippen LogP contribution in [-0.4, -0.2) is 17.5 Å². The highest BCUT2D eigenvalue weighted by Gasteiger charge is 2.29. The second-order valence-corrected chi connectivity index (χ2v) is 5.68. The van der Waals surface area contributed by atoms with Gasteiger partial charge in [-0.15, -0.1) is 0 Å². The molecule has 2 rings (SSSR count). The molecule has 118 valence electrons. The van der Waals surface area contributed by atoms with E-state index >= 15 is 0 Å². The first-order chi connectivity index (χ1) is 10.6. The van der Waals surface area contributed by atoms with Crippen LogP contribution in [0.25, 0.3) is 0 Å². The summed E-state index contributed by atoms with van der Waals surface area (Å²) >= 11 is 0. The number of hydrogen-bond donors (Lipinski definition) is 2. The van der Waals surface area contributed by atoms with E-state index in [2.05, 4.69) is 15.8 Å². The van der Waals surface area contributed by atoms with Gasteiger partial charge in [-0.25, -0.2) is 5.43 Å². The average Bonchev–Trinajstić information content (AvgIpc) is 3.36. The normalized spacial score (nSPS) is 14.5. The number of carbonyl (C=O) groups excluding carboxylic acids is 2. The van der Waals surface area contributed by atoms with Gasteiger partial charge in [0.15, 0.2) is 0 Å². The molecule has 5 nitrogen and oxygen atoms in total. The van der Waals surface area contributed by atoms with Crippen LogP contribution in [0.3, 0.4) is 0 Å². The van der Waals surface area contributed by atoms with Gasteiger partial charge in [-0.1, -0.05) is 25.5 Å². The van der Waals surface area contributed by atoms with E-state index in [0.29, 0.717) is 6.42 Å². The molecule has 0 aromatic heterocycles. The third-order valence-electron chi connectivity index (χ3n) is 3.62. The van der Waals surface area contributed by atoms with Gasteiger partial charge in [-0.05, 0) is 43.9 Å². The third kappa shape index (κ3) is 4.98. The molecule has 22 heavy (non-hydrogen) atoms. The Balaban J connectivity index is 1.88. The lowest BCUT2D eigenvalue weighted by atomic mass is 10.1. The SMILES string of the molecule is CCCCC(=O)NN=C(C)c1ccc(NC(=O)C2CC2)cc1. The van der Waals surface area contributed by atoms with E-state index in [4.69, 9.17) is 0 Å². The molecular formula is C17H23N3O2. The fourth-order valence-corrected chi connectivity index (χ4v) is 1.99. The Bertz CT molecular complexity index is 560. The van der Waals surface area contributed by atoms with Gasteiger partial charge in [0.25, 0.3) is 0 Å². The highest BCUT2D eigenvalue weighted by Crippen LogP contribution is 2.30. The summed E-state index contributed by atoms with van der Waals surface area (Å²) in [5.41, 5.74) is 5.01. The van der Waals surface area contributed by atoms with E-state index in [9.17, 15) is 9.59 Å². The van der Waals surface area contributed by atoms with Crippen molar-refractivity contribution in [1.82, 2.24) is 5.43 Å². The number of nitrogens with zero attached hydrogens (tertiary/aromatic N) is 1. The van der Waals surface area contributed by atoms with Gasteiger partial charge < -0.3 is 5.32 Å². The van der Waals surface area contributed by atoms with Crippen molar-refractivity contribution < 1.29 is 9.59 Å². The summed E-state index contributed by atoms with van der Waals surface area (Å²) in [6.07, 6.45) is 4.35. The zero-order valence-electron chi connectivity index (χ0n) is 13.2. The maximum Gasteiger partial charge on any atom is 0.240 e. The molecule has 1 aromatic rings. The van der Waals surface area contributed by atoms with Gasteiger partial charge in [0.05, 0.1) is 5.71 Å². The number of rotatable bonds is 7. The zero-order chi connectivity index (χ0) is 15.9. The number of unbranched alkanes of at least 4 members (excludes halogenated alkanes) is 1. The van der Waals surface area contributed by atoms with Crippen LogP contribution in [-0.2, 0) is 9.59 Å². The highest BCUT2D eigenvalue weighted by atomic mass is 16.2. The van der Waals surface area contributed by atoms with Gasteiger partial charge in [-0.2, -0.15) is 5.10 Å². The minimum absolute atomic E-state index is 0.0606. The topological polar surface area (TPSA) is 70.6 Å². The molecule has 1 fully saturated rings. The van der Waals surface area contributed by atoms with Crippen molar-refractivity contribution in [3.63, 3.8) is 0 Å². The maximum atomic E-state index is 11.7. The molecule has 0 unspecified atom stereocenters. The van der Waals surface area contributed by atoms with Gasteiger partial charge >= 0.3 is 0 Å². The summed E-state index contributed by atoms with van der Waals surface area (Å²) in [5.74, 6) is 0.233. The van der Waals surface area contributed by atoms with Crippen LogP contribution in [0.2, 0.25) is 0 Å². The van der Waals surface area contributed by atoms with Gasteiger partial charge in [0, 0.05) is 18.0 Å². The largest absolute Gasteiger partial charge is 0.326 e. The van der Waals surface area contributed by atoms with E-state index in [1.54, 1.807) is 0 Å². The first-order valence-corrected chi connectivity index (χ1v) is 7.84. The summed E-state index contributed by atoms with van der Waals surface area (Å²) in [6.45, 7) is 3.89.